The molecule has 0 fully saturated rings. The van der Waals surface area contributed by atoms with Crippen LogP contribution in [-0.2, 0) is 0 Å². The highest BCUT2D eigenvalue weighted by molar-refractivity contribution is 5.77. The van der Waals surface area contributed by atoms with Crippen LogP contribution in [0.3, 0.4) is 0 Å². The lowest BCUT2D eigenvalue weighted by Crippen LogP contribution is -1.90. The number of aromatic nitrogens is 4. The molecule has 2 aromatic heterocycles. The molecule has 0 radical (unpaired) electrons. The second-order valence-corrected chi connectivity index (χ2v) is 9.46. The number of aromatic amines is 2. The van der Waals surface area contributed by atoms with E-state index in [0.29, 0.717) is 0 Å². The molecule has 5 aromatic rings. The van der Waals surface area contributed by atoms with Gasteiger partial charge in [0.1, 0.15) is 0 Å². The molecule has 34 heavy (non-hydrogen) atoms. The molecule has 0 saturated heterocycles. The summed E-state index contributed by atoms with van der Waals surface area (Å²) in [6.07, 6.45) is 0. The van der Waals surface area contributed by atoms with Gasteiger partial charge in [-0.05, 0) is 82.0 Å². The van der Waals surface area contributed by atoms with Gasteiger partial charge < -0.3 is 0 Å². The Labute approximate surface area is 201 Å². The van der Waals surface area contributed by atoms with Crippen LogP contribution < -0.4 is 0 Å². The molecule has 0 aliphatic rings. The molecule has 4 heteroatoms. The molecule has 170 valence electrons. The van der Waals surface area contributed by atoms with Crippen molar-refractivity contribution in [1.29, 1.82) is 0 Å². The maximum Gasteiger partial charge on any atom is 0.0927 e. The standard InChI is InChI=1S/C30H30N4/c1-17-10-19(3)29(20(4)11-17)27-15-25(31-33-27)23-8-7-9-24(14-23)26-16-28(34-32-26)30-21(5)12-18(2)13-22(30)6/h7-16H,1-6H3,(H,31,33)(H,32,34). The third kappa shape index (κ3) is 3.96. The summed E-state index contributed by atoms with van der Waals surface area (Å²) in [6.45, 7) is 12.9. The first-order valence-corrected chi connectivity index (χ1v) is 11.7. The lowest BCUT2D eigenvalue weighted by atomic mass is 9.96. The lowest BCUT2D eigenvalue weighted by Gasteiger charge is -2.09. The van der Waals surface area contributed by atoms with Gasteiger partial charge in [-0.1, -0.05) is 53.6 Å². The summed E-state index contributed by atoms with van der Waals surface area (Å²) in [6, 6.07) is 21.6. The first kappa shape index (κ1) is 21.9. The SMILES string of the molecule is Cc1cc(C)c(-c2cc(-c3cccc(-c4cc(-c5c(C)cc(C)cc5C)[nH]n4)c3)n[nH]2)c(C)c1. The normalized spacial score (nSPS) is 11.2. The summed E-state index contributed by atoms with van der Waals surface area (Å²) >= 11 is 0. The summed E-state index contributed by atoms with van der Waals surface area (Å²) < 4.78 is 0. The number of benzene rings is 3. The quantitative estimate of drug-likeness (QED) is 0.298. The second kappa shape index (κ2) is 8.45. The predicted molar refractivity (Wildman–Crippen MR) is 141 cm³/mol. The Balaban J connectivity index is 1.49. The number of aryl methyl sites for hydroxylation is 6. The van der Waals surface area contributed by atoms with E-state index in [1.54, 1.807) is 0 Å². The molecule has 3 aromatic carbocycles. The monoisotopic (exact) mass is 446 g/mol. The first-order chi connectivity index (χ1) is 16.3. The van der Waals surface area contributed by atoms with Gasteiger partial charge in [-0.15, -0.1) is 0 Å². The van der Waals surface area contributed by atoms with E-state index >= 15 is 0 Å². The fraction of sp³-hybridized carbons (Fsp3) is 0.200. The molecule has 2 N–H and O–H groups in total. The maximum absolute atomic E-state index is 4.63. The van der Waals surface area contributed by atoms with Crippen LogP contribution in [0.5, 0.6) is 0 Å². The van der Waals surface area contributed by atoms with Gasteiger partial charge in [-0.2, -0.15) is 10.2 Å². The molecule has 2 heterocycles. The summed E-state index contributed by atoms with van der Waals surface area (Å²) in [5.41, 5.74) is 16.1. The summed E-state index contributed by atoms with van der Waals surface area (Å²) in [4.78, 5) is 0. The topological polar surface area (TPSA) is 57.4 Å². The van der Waals surface area contributed by atoms with Crippen molar-refractivity contribution in [2.75, 3.05) is 0 Å². The van der Waals surface area contributed by atoms with E-state index in [1.165, 1.54) is 44.5 Å². The minimum atomic E-state index is 0.928. The van der Waals surface area contributed by atoms with E-state index < -0.39 is 0 Å². The molecule has 4 nitrogen and oxygen atoms in total. The van der Waals surface area contributed by atoms with Crippen molar-refractivity contribution in [3.8, 4) is 45.0 Å². The van der Waals surface area contributed by atoms with Crippen LogP contribution in [0.1, 0.15) is 33.4 Å². The van der Waals surface area contributed by atoms with E-state index in [0.717, 1.165) is 33.9 Å². The van der Waals surface area contributed by atoms with Gasteiger partial charge in [0.2, 0.25) is 0 Å². The number of nitrogens with one attached hydrogen (secondary N) is 2. The van der Waals surface area contributed by atoms with E-state index in [9.17, 15) is 0 Å². The van der Waals surface area contributed by atoms with Crippen LogP contribution in [0.2, 0.25) is 0 Å². The number of rotatable bonds is 4. The fourth-order valence-corrected chi connectivity index (χ4v) is 5.24. The van der Waals surface area contributed by atoms with Crippen LogP contribution in [0.25, 0.3) is 45.0 Å². The van der Waals surface area contributed by atoms with Crippen LogP contribution in [0.15, 0.2) is 60.7 Å². The largest absolute Gasteiger partial charge is 0.277 e. The van der Waals surface area contributed by atoms with E-state index in [1.807, 2.05) is 0 Å². The lowest BCUT2D eigenvalue weighted by molar-refractivity contribution is 1.09. The highest BCUT2D eigenvalue weighted by atomic mass is 15.1. The third-order valence-corrected chi connectivity index (χ3v) is 6.50. The summed E-state index contributed by atoms with van der Waals surface area (Å²) in [5.74, 6) is 0. The van der Waals surface area contributed by atoms with Crippen molar-refractivity contribution in [2.24, 2.45) is 0 Å². The Morgan fingerprint density at radius 2 is 0.882 bits per heavy atom. The van der Waals surface area contributed by atoms with E-state index in [4.69, 9.17) is 0 Å². The van der Waals surface area contributed by atoms with Gasteiger partial charge in [0.25, 0.3) is 0 Å². The average Bonchev–Trinajstić information content (AvgIpc) is 3.43. The molecular formula is C30H30N4. The number of nitrogens with zero attached hydrogens (tertiary/aromatic N) is 2. The zero-order valence-electron chi connectivity index (χ0n) is 20.7. The van der Waals surface area contributed by atoms with Gasteiger partial charge in [0.05, 0.1) is 22.8 Å². The molecule has 0 aliphatic carbocycles. The molecule has 5 rings (SSSR count). The van der Waals surface area contributed by atoms with E-state index in [2.05, 4.69) is 123 Å². The van der Waals surface area contributed by atoms with Crippen molar-refractivity contribution < 1.29 is 0 Å². The maximum atomic E-state index is 4.63. The molecule has 0 saturated carbocycles. The van der Waals surface area contributed by atoms with Crippen molar-refractivity contribution in [3.05, 3.63) is 94.0 Å². The minimum absolute atomic E-state index is 0.928. The number of H-pyrrole nitrogens is 2. The second-order valence-electron chi connectivity index (χ2n) is 9.46. The van der Waals surface area contributed by atoms with Crippen LogP contribution in [0, 0.1) is 41.5 Å². The fourth-order valence-electron chi connectivity index (χ4n) is 5.24. The summed E-state index contributed by atoms with van der Waals surface area (Å²) in [5, 5.41) is 15.8. The van der Waals surface area contributed by atoms with Gasteiger partial charge in [0.15, 0.2) is 0 Å². The van der Waals surface area contributed by atoms with Crippen molar-refractivity contribution in [3.63, 3.8) is 0 Å². The molecule has 0 aliphatic heterocycles. The Kier molecular flexibility index (Phi) is 5.45. The van der Waals surface area contributed by atoms with Gasteiger partial charge in [0, 0.05) is 22.3 Å². The Hall–Kier alpha value is -3.92. The number of hydrogen-bond acceptors (Lipinski definition) is 2. The van der Waals surface area contributed by atoms with Crippen LogP contribution >= 0.6 is 0 Å². The van der Waals surface area contributed by atoms with Crippen molar-refractivity contribution in [1.82, 2.24) is 20.4 Å². The zero-order chi connectivity index (χ0) is 24.0. The summed E-state index contributed by atoms with van der Waals surface area (Å²) in [7, 11) is 0. The Morgan fingerprint density at radius 1 is 0.500 bits per heavy atom. The highest BCUT2D eigenvalue weighted by Crippen LogP contribution is 2.33. The molecular weight excluding hydrogens is 416 g/mol. The molecule has 0 atom stereocenters. The van der Waals surface area contributed by atoms with Gasteiger partial charge in [-0.25, -0.2) is 0 Å². The van der Waals surface area contributed by atoms with Gasteiger partial charge in [-0.3, -0.25) is 10.2 Å². The Bertz CT molecular complexity index is 1360. The molecule has 0 amide bonds. The third-order valence-electron chi connectivity index (χ3n) is 6.50. The molecule has 0 unspecified atom stereocenters. The average molecular weight is 447 g/mol. The van der Waals surface area contributed by atoms with Gasteiger partial charge >= 0.3 is 0 Å². The predicted octanol–water partition coefficient (Wildman–Crippen LogP) is 7.65. The zero-order valence-corrected chi connectivity index (χ0v) is 20.7. The minimum Gasteiger partial charge on any atom is -0.277 e. The van der Waals surface area contributed by atoms with E-state index in [-0.39, 0.29) is 0 Å². The highest BCUT2D eigenvalue weighted by Gasteiger charge is 2.14. The van der Waals surface area contributed by atoms with Crippen molar-refractivity contribution >= 4 is 0 Å². The first-order valence-electron chi connectivity index (χ1n) is 11.7. The Morgan fingerprint density at radius 3 is 1.26 bits per heavy atom. The van der Waals surface area contributed by atoms with Crippen molar-refractivity contribution in [2.45, 2.75) is 41.5 Å². The van der Waals surface area contributed by atoms with Crippen LogP contribution in [0.4, 0.5) is 0 Å². The smallest absolute Gasteiger partial charge is 0.0927 e. The molecule has 0 spiro atoms. The number of hydrogen-bond donors (Lipinski definition) is 2. The molecule has 0 bridgehead atoms. The van der Waals surface area contributed by atoms with Crippen LogP contribution in [-0.4, -0.2) is 20.4 Å².